The first kappa shape index (κ1) is 18.3. The minimum absolute atomic E-state index is 0.796. The van der Waals surface area contributed by atoms with E-state index in [0.29, 0.717) is 0 Å². The maximum Gasteiger partial charge on any atom is 0.123 e. The molecule has 0 saturated carbocycles. The first-order chi connectivity index (χ1) is 13.8. The molecule has 5 nitrogen and oxygen atoms in total. The molecule has 1 aliphatic heterocycles. The second-order valence-electron chi connectivity index (χ2n) is 6.91. The summed E-state index contributed by atoms with van der Waals surface area (Å²) in [6, 6.07) is 18.5. The third-order valence-corrected chi connectivity index (χ3v) is 5.08. The molecule has 2 heterocycles. The molecule has 28 heavy (non-hydrogen) atoms. The number of hydrogen-bond acceptors (Lipinski definition) is 5. The fraction of sp³-hybridized carbons (Fsp3) is 0.261. The number of nitrogens with zero attached hydrogens (tertiary/aromatic N) is 2. The SMILES string of the molecule is COc1ccc(OC)c(CN2CCNc3cnc(-c4ccccc4)cc3C2)c1. The highest BCUT2D eigenvalue weighted by Gasteiger charge is 2.17. The number of aromatic nitrogens is 1. The van der Waals surface area contributed by atoms with Gasteiger partial charge in [0.1, 0.15) is 11.5 Å². The lowest BCUT2D eigenvalue weighted by atomic mass is 10.1. The van der Waals surface area contributed by atoms with Crippen LogP contribution in [0.2, 0.25) is 0 Å². The third-order valence-electron chi connectivity index (χ3n) is 5.08. The molecule has 144 valence electrons. The maximum absolute atomic E-state index is 5.56. The smallest absolute Gasteiger partial charge is 0.123 e. The van der Waals surface area contributed by atoms with Crippen LogP contribution in [0, 0.1) is 0 Å². The molecule has 1 aliphatic rings. The molecule has 4 rings (SSSR count). The Morgan fingerprint density at radius 3 is 2.68 bits per heavy atom. The zero-order valence-corrected chi connectivity index (χ0v) is 16.3. The van der Waals surface area contributed by atoms with Crippen LogP contribution >= 0.6 is 0 Å². The van der Waals surface area contributed by atoms with Gasteiger partial charge < -0.3 is 14.8 Å². The lowest BCUT2D eigenvalue weighted by molar-refractivity contribution is 0.266. The van der Waals surface area contributed by atoms with Crippen molar-refractivity contribution in [3.05, 3.63) is 71.9 Å². The van der Waals surface area contributed by atoms with E-state index < -0.39 is 0 Å². The highest BCUT2D eigenvalue weighted by molar-refractivity contribution is 5.64. The average molecular weight is 375 g/mol. The van der Waals surface area contributed by atoms with E-state index in [1.54, 1.807) is 14.2 Å². The quantitative estimate of drug-likeness (QED) is 0.724. The number of ether oxygens (including phenoxy) is 2. The molecule has 0 unspecified atom stereocenters. The Bertz CT molecular complexity index is 944. The molecule has 5 heteroatoms. The molecule has 0 aliphatic carbocycles. The van der Waals surface area contributed by atoms with E-state index in [0.717, 1.165) is 60.2 Å². The minimum atomic E-state index is 0.796. The largest absolute Gasteiger partial charge is 0.497 e. The molecule has 0 atom stereocenters. The molecule has 0 saturated heterocycles. The maximum atomic E-state index is 5.56. The van der Waals surface area contributed by atoms with Crippen molar-refractivity contribution < 1.29 is 9.47 Å². The van der Waals surface area contributed by atoms with Crippen molar-refractivity contribution in [3.63, 3.8) is 0 Å². The summed E-state index contributed by atoms with van der Waals surface area (Å²) in [6.07, 6.45) is 1.95. The Kier molecular flexibility index (Phi) is 5.44. The van der Waals surface area contributed by atoms with Crippen molar-refractivity contribution in [1.29, 1.82) is 0 Å². The second kappa shape index (κ2) is 8.31. The van der Waals surface area contributed by atoms with Gasteiger partial charge in [0.2, 0.25) is 0 Å². The normalized spacial score (nSPS) is 13.9. The van der Waals surface area contributed by atoms with E-state index in [9.17, 15) is 0 Å². The van der Waals surface area contributed by atoms with Gasteiger partial charge in [-0.05, 0) is 29.8 Å². The fourth-order valence-electron chi connectivity index (χ4n) is 3.60. The van der Waals surface area contributed by atoms with Gasteiger partial charge in [-0.3, -0.25) is 9.88 Å². The van der Waals surface area contributed by atoms with Crippen LogP contribution in [0.3, 0.4) is 0 Å². The number of pyridine rings is 1. The van der Waals surface area contributed by atoms with E-state index in [1.807, 2.05) is 36.5 Å². The molecule has 0 amide bonds. The van der Waals surface area contributed by atoms with Gasteiger partial charge >= 0.3 is 0 Å². The molecule has 0 radical (unpaired) electrons. The van der Waals surface area contributed by atoms with Crippen molar-refractivity contribution in [3.8, 4) is 22.8 Å². The van der Waals surface area contributed by atoms with Crippen molar-refractivity contribution in [1.82, 2.24) is 9.88 Å². The molecule has 0 spiro atoms. The van der Waals surface area contributed by atoms with Gasteiger partial charge in [-0.15, -0.1) is 0 Å². The first-order valence-electron chi connectivity index (χ1n) is 9.48. The van der Waals surface area contributed by atoms with Gasteiger partial charge in [-0.2, -0.15) is 0 Å². The van der Waals surface area contributed by atoms with Crippen LogP contribution in [0.5, 0.6) is 11.5 Å². The Balaban J connectivity index is 1.59. The summed E-state index contributed by atoms with van der Waals surface area (Å²) in [7, 11) is 3.40. The Morgan fingerprint density at radius 1 is 1.04 bits per heavy atom. The monoisotopic (exact) mass is 375 g/mol. The van der Waals surface area contributed by atoms with Gasteiger partial charge in [0.05, 0.1) is 31.8 Å². The van der Waals surface area contributed by atoms with Gasteiger partial charge in [-0.1, -0.05) is 30.3 Å². The van der Waals surface area contributed by atoms with Gasteiger partial charge in [0.25, 0.3) is 0 Å². The predicted octanol–water partition coefficient (Wildman–Crippen LogP) is 4.19. The van der Waals surface area contributed by atoms with Crippen molar-refractivity contribution in [2.45, 2.75) is 13.1 Å². The molecule has 1 aromatic heterocycles. The number of fused-ring (bicyclic) bond motifs is 1. The number of anilines is 1. The molecular weight excluding hydrogens is 350 g/mol. The topological polar surface area (TPSA) is 46.6 Å². The van der Waals surface area contributed by atoms with Crippen LogP contribution in [0.25, 0.3) is 11.3 Å². The molecular formula is C23H25N3O2. The number of benzene rings is 2. The van der Waals surface area contributed by atoms with Crippen molar-refractivity contribution in [2.75, 3.05) is 32.6 Å². The zero-order valence-electron chi connectivity index (χ0n) is 16.3. The van der Waals surface area contributed by atoms with Crippen LogP contribution in [0.15, 0.2) is 60.8 Å². The molecule has 0 bridgehead atoms. The lowest BCUT2D eigenvalue weighted by Crippen LogP contribution is -2.25. The Labute approximate surface area is 165 Å². The summed E-state index contributed by atoms with van der Waals surface area (Å²) in [5, 5.41) is 3.51. The third kappa shape index (κ3) is 3.94. The van der Waals surface area contributed by atoms with Gasteiger partial charge in [0, 0.05) is 37.3 Å². The van der Waals surface area contributed by atoms with Gasteiger partial charge in [0.15, 0.2) is 0 Å². The Hall–Kier alpha value is -3.05. The molecule has 2 aromatic carbocycles. The van der Waals surface area contributed by atoms with E-state index in [-0.39, 0.29) is 0 Å². The summed E-state index contributed by atoms with van der Waals surface area (Å²) >= 11 is 0. The zero-order chi connectivity index (χ0) is 19.3. The molecule has 1 N–H and O–H groups in total. The minimum Gasteiger partial charge on any atom is -0.497 e. The van der Waals surface area contributed by atoms with E-state index in [2.05, 4.69) is 39.5 Å². The highest BCUT2D eigenvalue weighted by atomic mass is 16.5. The second-order valence-corrected chi connectivity index (χ2v) is 6.91. The van der Waals surface area contributed by atoms with Crippen LogP contribution in [-0.4, -0.2) is 37.2 Å². The van der Waals surface area contributed by atoms with Crippen LogP contribution < -0.4 is 14.8 Å². The summed E-state index contributed by atoms with van der Waals surface area (Å²) in [6.45, 7) is 3.47. The molecule has 0 fully saturated rings. The van der Waals surface area contributed by atoms with Crippen molar-refractivity contribution in [2.24, 2.45) is 0 Å². The lowest BCUT2D eigenvalue weighted by Gasteiger charge is -2.22. The summed E-state index contributed by atoms with van der Waals surface area (Å²) in [5.41, 5.74) is 5.63. The summed E-state index contributed by atoms with van der Waals surface area (Å²) in [5.74, 6) is 1.73. The Morgan fingerprint density at radius 2 is 1.89 bits per heavy atom. The number of nitrogens with one attached hydrogen (secondary N) is 1. The standard InChI is InChI=1S/C23H25N3O2/c1-27-20-8-9-23(28-2)19(12-20)16-26-11-10-24-22-14-25-21(13-18(22)15-26)17-6-4-3-5-7-17/h3-9,12-14,24H,10-11,15-16H2,1-2H3. The van der Waals surface area contributed by atoms with E-state index in [1.165, 1.54) is 5.56 Å². The number of hydrogen-bond donors (Lipinski definition) is 1. The first-order valence-corrected chi connectivity index (χ1v) is 9.48. The predicted molar refractivity (Wildman–Crippen MR) is 112 cm³/mol. The fourth-order valence-corrected chi connectivity index (χ4v) is 3.60. The van der Waals surface area contributed by atoms with E-state index >= 15 is 0 Å². The number of rotatable bonds is 5. The number of methoxy groups -OCH3 is 2. The average Bonchev–Trinajstić information content (AvgIpc) is 2.95. The van der Waals surface area contributed by atoms with Gasteiger partial charge in [-0.25, -0.2) is 0 Å². The van der Waals surface area contributed by atoms with Crippen molar-refractivity contribution >= 4 is 5.69 Å². The summed E-state index contributed by atoms with van der Waals surface area (Å²) in [4.78, 5) is 7.07. The highest BCUT2D eigenvalue weighted by Crippen LogP contribution is 2.29. The van der Waals surface area contributed by atoms with E-state index in [4.69, 9.17) is 9.47 Å². The molecule has 3 aromatic rings. The van der Waals surface area contributed by atoms with Crippen LogP contribution in [0.4, 0.5) is 5.69 Å². The summed E-state index contributed by atoms with van der Waals surface area (Å²) < 4.78 is 11.0. The van der Waals surface area contributed by atoms with Crippen LogP contribution in [0.1, 0.15) is 11.1 Å². The van der Waals surface area contributed by atoms with Crippen LogP contribution in [-0.2, 0) is 13.1 Å².